The standard InChI is InChI=1S/C16H21N3O2.ClH/c1-10-4-6-13(16-18-12(3)9-21-16)8-14(10)19-15(20)7-5-11(2)17;/h4,6,8-9,11H,5,7,17H2,1-3H3,(H,19,20);1H. The second kappa shape index (κ2) is 7.96. The van der Waals surface area contributed by atoms with Crippen LogP contribution in [0.5, 0.6) is 0 Å². The van der Waals surface area contributed by atoms with Crippen molar-refractivity contribution in [3.05, 3.63) is 35.7 Å². The van der Waals surface area contributed by atoms with Crippen LogP contribution in [0.3, 0.4) is 0 Å². The Morgan fingerprint density at radius 3 is 2.73 bits per heavy atom. The van der Waals surface area contributed by atoms with Gasteiger partial charge in [-0.25, -0.2) is 4.98 Å². The van der Waals surface area contributed by atoms with Gasteiger partial charge in [0.15, 0.2) is 0 Å². The summed E-state index contributed by atoms with van der Waals surface area (Å²) in [5.41, 5.74) is 9.11. The van der Waals surface area contributed by atoms with Crippen molar-refractivity contribution in [2.75, 3.05) is 5.32 Å². The number of aryl methyl sites for hydroxylation is 2. The van der Waals surface area contributed by atoms with Gasteiger partial charge in [-0.2, -0.15) is 0 Å². The Bertz CT molecular complexity index is 638. The first-order valence-electron chi connectivity index (χ1n) is 7.04. The topological polar surface area (TPSA) is 81.2 Å². The molecule has 0 aliphatic carbocycles. The molecule has 0 saturated carbocycles. The van der Waals surface area contributed by atoms with Crippen molar-refractivity contribution in [1.82, 2.24) is 4.98 Å². The highest BCUT2D eigenvalue weighted by Gasteiger charge is 2.10. The summed E-state index contributed by atoms with van der Waals surface area (Å²) in [5, 5.41) is 2.92. The molecule has 0 bridgehead atoms. The molecular formula is C16H22ClN3O2. The molecule has 2 rings (SSSR count). The molecule has 2 aromatic rings. The number of hydrogen-bond donors (Lipinski definition) is 2. The van der Waals surface area contributed by atoms with Crippen LogP contribution in [0.1, 0.15) is 31.0 Å². The van der Waals surface area contributed by atoms with Gasteiger partial charge in [-0.3, -0.25) is 4.79 Å². The van der Waals surface area contributed by atoms with Gasteiger partial charge in [-0.05, 0) is 44.9 Å². The van der Waals surface area contributed by atoms with E-state index in [0.717, 1.165) is 22.5 Å². The summed E-state index contributed by atoms with van der Waals surface area (Å²) in [6.07, 6.45) is 2.69. The number of hydrogen-bond acceptors (Lipinski definition) is 4. The molecule has 1 aromatic carbocycles. The third-order valence-corrected chi connectivity index (χ3v) is 3.20. The lowest BCUT2D eigenvalue weighted by Gasteiger charge is -2.10. The molecule has 6 heteroatoms. The number of nitrogens with two attached hydrogens (primary N) is 1. The summed E-state index contributed by atoms with van der Waals surface area (Å²) in [6, 6.07) is 5.78. The van der Waals surface area contributed by atoms with Crippen molar-refractivity contribution >= 4 is 24.0 Å². The normalized spacial score (nSPS) is 11.6. The number of amides is 1. The Morgan fingerprint density at radius 1 is 1.41 bits per heavy atom. The maximum atomic E-state index is 11.9. The fraction of sp³-hybridized carbons (Fsp3) is 0.375. The number of halogens is 1. The minimum absolute atomic E-state index is 0. The predicted molar refractivity (Wildman–Crippen MR) is 90.2 cm³/mol. The van der Waals surface area contributed by atoms with Crippen LogP contribution in [0.2, 0.25) is 0 Å². The smallest absolute Gasteiger partial charge is 0.226 e. The molecule has 3 N–H and O–H groups in total. The van der Waals surface area contributed by atoms with E-state index in [1.807, 2.05) is 39.0 Å². The number of nitrogens with one attached hydrogen (secondary N) is 1. The van der Waals surface area contributed by atoms with E-state index in [0.29, 0.717) is 18.7 Å². The van der Waals surface area contributed by atoms with Crippen LogP contribution in [0, 0.1) is 13.8 Å². The molecule has 0 spiro atoms. The highest BCUT2D eigenvalue weighted by atomic mass is 35.5. The van der Waals surface area contributed by atoms with Crippen molar-refractivity contribution < 1.29 is 9.21 Å². The maximum Gasteiger partial charge on any atom is 0.226 e. The van der Waals surface area contributed by atoms with Gasteiger partial charge in [0, 0.05) is 23.7 Å². The van der Waals surface area contributed by atoms with E-state index >= 15 is 0 Å². The maximum absolute atomic E-state index is 11.9. The Hall–Kier alpha value is -1.85. The number of aromatic nitrogens is 1. The van der Waals surface area contributed by atoms with Gasteiger partial charge in [-0.1, -0.05) is 6.07 Å². The van der Waals surface area contributed by atoms with E-state index in [1.165, 1.54) is 0 Å². The number of benzene rings is 1. The van der Waals surface area contributed by atoms with Gasteiger partial charge in [0.05, 0.1) is 5.69 Å². The quantitative estimate of drug-likeness (QED) is 0.883. The van der Waals surface area contributed by atoms with Crippen LogP contribution < -0.4 is 11.1 Å². The molecule has 0 radical (unpaired) electrons. The number of rotatable bonds is 5. The van der Waals surface area contributed by atoms with E-state index in [4.69, 9.17) is 10.2 Å². The van der Waals surface area contributed by atoms with Gasteiger partial charge >= 0.3 is 0 Å². The van der Waals surface area contributed by atoms with E-state index in [1.54, 1.807) is 6.26 Å². The SMILES string of the molecule is Cc1coc(-c2ccc(C)c(NC(=O)CCC(C)N)c2)n1.Cl. The van der Waals surface area contributed by atoms with Crippen molar-refractivity contribution in [2.45, 2.75) is 39.7 Å². The van der Waals surface area contributed by atoms with Crippen LogP contribution in [-0.4, -0.2) is 16.9 Å². The zero-order valence-corrected chi connectivity index (χ0v) is 13.9. The minimum Gasteiger partial charge on any atom is -0.444 e. The van der Waals surface area contributed by atoms with Crippen LogP contribution in [0.4, 0.5) is 5.69 Å². The fourth-order valence-electron chi connectivity index (χ4n) is 1.95. The lowest BCUT2D eigenvalue weighted by atomic mass is 10.1. The van der Waals surface area contributed by atoms with Crippen LogP contribution in [0.15, 0.2) is 28.9 Å². The fourth-order valence-corrected chi connectivity index (χ4v) is 1.95. The highest BCUT2D eigenvalue weighted by molar-refractivity contribution is 5.92. The van der Waals surface area contributed by atoms with E-state index < -0.39 is 0 Å². The number of carbonyl (C=O) groups excluding carboxylic acids is 1. The molecule has 1 aromatic heterocycles. The molecule has 1 atom stereocenters. The number of oxazole rings is 1. The summed E-state index contributed by atoms with van der Waals surface area (Å²) >= 11 is 0. The Morgan fingerprint density at radius 2 is 2.14 bits per heavy atom. The van der Waals surface area contributed by atoms with Crippen LogP contribution in [-0.2, 0) is 4.79 Å². The monoisotopic (exact) mass is 323 g/mol. The molecule has 0 fully saturated rings. The summed E-state index contributed by atoms with van der Waals surface area (Å²) in [4.78, 5) is 16.2. The van der Waals surface area contributed by atoms with Crippen molar-refractivity contribution in [3.63, 3.8) is 0 Å². The van der Waals surface area contributed by atoms with Gasteiger partial charge < -0.3 is 15.5 Å². The van der Waals surface area contributed by atoms with Crippen LogP contribution >= 0.6 is 12.4 Å². The van der Waals surface area contributed by atoms with Gasteiger partial charge in [0.1, 0.15) is 6.26 Å². The van der Waals surface area contributed by atoms with Crippen LogP contribution in [0.25, 0.3) is 11.5 Å². The van der Waals surface area contributed by atoms with E-state index in [9.17, 15) is 4.79 Å². The summed E-state index contributed by atoms with van der Waals surface area (Å²) < 4.78 is 5.39. The molecule has 1 heterocycles. The Labute approximate surface area is 136 Å². The molecule has 0 aliphatic rings. The second-order valence-corrected chi connectivity index (χ2v) is 5.39. The molecular weight excluding hydrogens is 302 g/mol. The molecule has 5 nitrogen and oxygen atoms in total. The summed E-state index contributed by atoms with van der Waals surface area (Å²) in [6.45, 7) is 5.72. The summed E-state index contributed by atoms with van der Waals surface area (Å²) in [5.74, 6) is 0.523. The lowest BCUT2D eigenvalue weighted by Crippen LogP contribution is -2.19. The first-order chi connectivity index (χ1) is 9.95. The Balaban J connectivity index is 0.00000242. The molecule has 22 heavy (non-hydrogen) atoms. The average Bonchev–Trinajstić information content (AvgIpc) is 2.85. The Kier molecular flexibility index (Phi) is 6.59. The third-order valence-electron chi connectivity index (χ3n) is 3.20. The number of carbonyl (C=O) groups is 1. The van der Waals surface area contributed by atoms with Gasteiger partial charge in [0.2, 0.25) is 11.8 Å². The first-order valence-corrected chi connectivity index (χ1v) is 7.04. The number of anilines is 1. The summed E-state index contributed by atoms with van der Waals surface area (Å²) in [7, 11) is 0. The molecule has 120 valence electrons. The zero-order chi connectivity index (χ0) is 15.4. The van der Waals surface area contributed by atoms with Gasteiger partial charge in [0.25, 0.3) is 0 Å². The molecule has 0 aliphatic heterocycles. The van der Waals surface area contributed by atoms with Crippen molar-refractivity contribution in [2.24, 2.45) is 5.73 Å². The van der Waals surface area contributed by atoms with Gasteiger partial charge in [-0.15, -0.1) is 12.4 Å². The predicted octanol–water partition coefficient (Wildman–Crippen LogP) is 3.45. The first kappa shape index (κ1) is 18.2. The molecule has 1 amide bonds. The van der Waals surface area contributed by atoms with E-state index in [2.05, 4.69) is 10.3 Å². The lowest BCUT2D eigenvalue weighted by molar-refractivity contribution is -0.116. The largest absolute Gasteiger partial charge is 0.444 e. The second-order valence-electron chi connectivity index (χ2n) is 5.39. The van der Waals surface area contributed by atoms with E-state index in [-0.39, 0.29) is 24.4 Å². The molecule has 0 saturated heterocycles. The van der Waals surface area contributed by atoms with Crippen molar-refractivity contribution in [1.29, 1.82) is 0 Å². The third kappa shape index (κ3) is 4.86. The molecule has 1 unspecified atom stereocenters. The average molecular weight is 324 g/mol. The zero-order valence-electron chi connectivity index (χ0n) is 13.1. The minimum atomic E-state index is -0.0314. The number of nitrogens with zero attached hydrogens (tertiary/aromatic N) is 1. The highest BCUT2D eigenvalue weighted by Crippen LogP contribution is 2.25. The van der Waals surface area contributed by atoms with Crippen molar-refractivity contribution in [3.8, 4) is 11.5 Å².